The number of hydrogen-bond acceptors (Lipinski definition) is 1. The summed E-state index contributed by atoms with van der Waals surface area (Å²) in [5.74, 6) is 0. The minimum Gasteiger partial charge on any atom is -0.342 e. The molecule has 2 rings (SSSR count). The van der Waals surface area contributed by atoms with Crippen LogP contribution < -0.4 is 0 Å². The molecule has 0 aliphatic carbocycles. The lowest BCUT2D eigenvalue weighted by Gasteiger charge is -2.04. The summed E-state index contributed by atoms with van der Waals surface area (Å²) in [5.41, 5.74) is 5.48. The van der Waals surface area contributed by atoms with Crippen molar-refractivity contribution in [3.8, 4) is 17.2 Å². The lowest BCUT2D eigenvalue weighted by Crippen LogP contribution is -1.87. The van der Waals surface area contributed by atoms with Crippen LogP contribution in [0.15, 0.2) is 30.5 Å². The fourth-order valence-electron chi connectivity index (χ4n) is 1.87. The third-order valence-corrected chi connectivity index (χ3v) is 2.82. The van der Waals surface area contributed by atoms with Crippen molar-refractivity contribution in [2.24, 2.45) is 7.05 Å². The molecule has 16 heavy (non-hydrogen) atoms. The third kappa shape index (κ3) is 1.72. The zero-order valence-electron chi connectivity index (χ0n) is 9.78. The summed E-state index contributed by atoms with van der Waals surface area (Å²) in [5, 5.41) is 8.93. The van der Waals surface area contributed by atoms with Gasteiger partial charge >= 0.3 is 0 Å². The van der Waals surface area contributed by atoms with Crippen LogP contribution in [0.25, 0.3) is 11.1 Å². The van der Waals surface area contributed by atoms with E-state index in [9.17, 15) is 0 Å². The Hall–Kier alpha value is -2.01. The molecule has 0 aliphatic heterocycles. The molecule has 0 N–H and O–H groups in total. The van der Waals surface area contributed by atoms with E-state index in [0.717, 1.165) is 5.56 Å². The van der Waals surface area contributed by atoms with Crippen LogP contribution >= 0.6 is 0 Å². The Balaban J connectivity index is 2.59. The van der Waals surface area contributed by atoms with E-state index in [0.29, 0.717) is 5.69 Å². The topological polar surface area (TPSA) is 28.7 Å². The van der Waals surface area contributed by atoms with Crippen molar-refractivity contribution in [3.05, 3.63) is 47.3 Å². The smallest absolute Gasteiger partial charge is 0.120 e. The summed E-state index contributed by atoms with van der Waals surface area (Å²) in [6.07, 6.45) is 2.00. The average Bonchev–Trinajstić information content (AvgIpc) is 2.63. The molecule has 1 aromatic carbocycles. The molecule has 0 unspecified atom stereocenters. The van der Waals surface area contributed by atoms with Crippen molar-refractivity contribution in [1.29, 1.82) is 5.26 Å². The molecule has 0 spiro atoms. The monoisotopic (exact) mass is 210 g/mol. The fourth-order valence-corrected chi connectivity index (χ4v) is 1.87. The average molecular weight is 210 g/mol. The van der Waals surface area contributed by atoms with Gasteiger partial charge in [-0.15, -0.1) is 0 Å². The van der Waals surface area contributed by atoms with E-state index in [-0.39, 0.29) is 0 Å². The Kier molecular flexibility index (Phi) is 2.54. The Labute approximate surface area is 95.8 Å². The molecule has 0 aliphatic rings. The Morgan fingerprint density at radius 1 is 1.19 bits per heavy atom. The van der Waals surface area contributed by atoms with Crippen molar-refractivity contribution in [1.82, 2.24) is 4.57 Å². The van der Waals surface area contributed by atoms with Gasteiger partial charge in [0.1, 0.15) is 11.8 Å². The molecule has 0 radical (unpaired) electrons. The Bertz CT molecular complexity index is 571. The molecular formula is C14H14N2. The van der Waals surface area contributed by atoms with E-state index >= 15 is 0 Å². The molecule has 0 saturated carbocycles. The molecule has 0 atom stereocenters. The van der Waals surface area contributed by atoms with Gasteiger partial charge < -0.3 is 4.57 Å². The molecule has 2 nitrogen and oxygen atoms in total. The molecule has 0 bridgehead atoms. The lowest BCUT2D eigenvalue weighted by atomic mass is 10.0. The van der Waals surface area contributed by atoms with Gasteiger partial charge in [-0.05, 0) is 31.0 Å². The SMILES string of the molecule is Cc1ccc(C)c(-c2cc(C#N)n(C)c2)c1. The minimum absolute atomic E-state index is 0.691. The van der Waals surface area contributed by atoms with Crippen LogP contribution in [-0.2, 0) is 7.05 Å². The molecule has 2 aromatic rings. The van der Waals surface area contributed by atoms with Gasteiger partial charge in [0.15, 0.2) is 0 Å². The van der Waals surface area contributed by atoms with Gasteiger partial charge in [-0.1, -0.05) is 23.8 Å². The first-order valence-electron chi connectivity index (χ1n) is 5.26. The molecule has 0 saturated heterocycles. The van der Waals surface area contributed by atoms with Crippen LogP contribution in [0.3, 0.4) is 0 Å². The maximum atomic E-state index is 8.93. The second-order valence-corrected chi connectivity index (χ2v) is 4.16. The second kappa shape index (κ2) is 3.86. The summed E-state index contributed by atoms with van der Waals surface area (Å²) in [6, 6.07) is 10.5. The second-order valence-electron chi connectivity index (χ2n) is 4.16. The summed E-state index contributed by atoms with van der Waals surface area (Å²) in [6.45, 7) is 4.17. The summed E-state index contributed by atoms with van der Waals surface area (Å²) in [4.78, 5) is 0. The molecule has 2 heteroatoms. The standard InChI is InChI=1S/C14H14N2/c1-10-4-5-11(2)14(6-10)12-7-13(8-15)16(3)9-12/h4-7,9H,1-3H3. The highest BCUT2D eigenvalue weighted by Gasteiger charge is 2.07. The Morgan fingerprint density at radius 2 is 1.94 bits per heavy atom. The summed E-state index contributed by atoms with van der Waals surface area (Å²) >= 11 is 0. The normalized spacial score (nSPS) is 10.1. The Morgan fingerprint density at radius 3 is 2.56 bits per heavy atom. The first kappa shape index (κ1) is 10.5. The quantitative estimate of drug-likeness (QED) is 0.710. The molecule has 0 fully saturated rings. The van der Waals surface area contributed by atoms with Crippen LogP contribution in [0.4, 0.5) is 0 Å². The van der Waals surface area contributed by atoms with Crippen LogP contribution in [0.2, 0.25) is 0 Å². The molecule has 0 amide bonds. The highest BCUT2D eigenvalue weighted by atomic mass is 14.9. The third-order valence-electron chi connectivity index (χ3n) is 2.82. The minimum atomic E-state index is 0.691. The zero-order chi connectivity index (χ0) is 11.7. The zero-order valence-corrected chi connectivity index (χ0v) is 9.78. The first-order valence-corrected chi connectivity index (χ1v) is 5.26. The maximum Gasteiger partial charge on any atom is 0.120 e. The van der Waals surface area contributed by atoms with Gasteiger partial charge in [-0.2, -0.15) is 5.26 Å². The number of rotatable bonds is 1. The fraction of sp³-hybridized carbons (Fsp3) is 0.214. The van der Waals surface area contributed by atoms with E-state index in [1.807, 2.05) is 23.9 Å². The summed E-state index contributed by atoms with van der Waals surface area (Å²) < 4.78 is 1.86. The van der Waals surface area contributed by atoms with Crippen molar-refractivity contribution in [2.45, 2.75) is 13.8 Å². The predicted molar refractivity (Wildman–Crippen MR) is 65.0 cm³/mol. The molecule has 1 heterocycles. The van der Waals surface area contributed by atoms with Gasteiger partial charge in [0, 0.05) is 18.8 Å². The van der Waals surface area contributed by atoms with E-state index in [1.165, 1.54) is 16.7 Å². The highest BCUT2D eigenvalue weighted by Crippen LogP contribution is 2.25. The number of hydrogen-bond donors (Lipinski definition) is 0. The van der Waals surface area contributed by atoms with E-state index in [2.05, 4.69) is 38.1 Å². The van der Waals surface area contributed by atoms with Crippen molar-refractivity contribution in [3.63, 3.8) is 0 Å². The van der Waals surface area contributed by atoms with Crippen LogP contribution in [0, 0.1) is 25.2 Å². The van der Waals surface area contributed by atoms with Gasteiger partial charge in [-0.3, -0.25) is 0 Å². The maximum absolute atomic E-state index is 8.93. The van der Waals surface area contributed by atoms with Gasteiger partial charge in [-0.25, -0.2) is 0 Å². The van der Waals surface area contributed by atoms with Crippen LogP contribution in [-0.4, -0.2) is 4.57 Å². The van der Waals surface area contributed by atoms with Gasteiger partial charge in [0.2, 0.25) is 0 Å². The molecule has 1 aromatic heterocycles. The number of nitriles is 1. The molecule has 80 valence electrons. The van der Waals surface area contributed by atoms with E-state index in [4.69, 9.17) is 5.26 Å². The van der Waals surface area contributed by atoms with Crippen LogP contribution in [0.5, 0.6) is 0 Å². The van der Waals surface area contributed by atoms with E-state index in [1.54, 1.807) is 0 Å². The number of benzene rings is 1. The lowest BCUT2D eigenvalue weighted by molar-refractivity contribution is 0.909. The van der Waals surface area contributed by atoms with Crippen LogP contribution in [0.1, 0.15) is 16.8 Å². The van der Waals surface area contributed by atoms with Crippen molar-refractivity contribution in [2.75, 3.05) is 0 Å². The first-order chi connectivity index (χ1) is 7.61. The highest BCUT2D eigenvalue weighted by molar-refractivity contribution is 5.69. The number of nitrogens with zero attached hydrogens (tertiary/aromatic N) is 2. The summed E-state index contributed by atoms with van der Waals surface area (Å²) in [7, 11) is 1.90. The van der Waals surface area contributed by atoms with Crippen molar-refractivity contribution < 1.29 is 0 Å². The van der Waals surface area contributed by atoms with E-state index < -0.39 is 0 Å². The molecular weight excluding hydrogens is 196 g/mol. The predicted octanol–water partition coefficient (Wildman–Crippen LogP) is 3.18. The number of aromatic nitrogens is 1. The van der Waals surface area contributed by atoms with Crippen molar-refractivity contribution >= 4 is 0 Å². The number of aryl methyl sites for hydroxylation is 3. The van der Waals surface area contributed by atoms with Gasteiger partial charge in [0.25, 0.3) is 0 Å². The van der Waals surface area contributed by atoms with Gasteiger partial charge in [0.05, 0.1) is 0 Å². The largest absolute Gasteiger partial charge is 0.342 e.